The summed E-state index contributed by atoms with van der Waals surface area (Å²) < 4.78 is 24.4. The van der Waals surface area contributed by atoms with Crippen LogP contribution >= 0.6 is 38.9 Å². The molecule has 2 heterocycles. The third kappa shape index (κ3) is 5.25. The lowest BCUT2D eigenvalue weighted by molar-refractivity contribution is -0.139. The van der Waals surface area contributed by atoms with Crippen molar-refractivity contribution in [2.24, 2.45) is 4.99 Å². The highest BCUT2D eigenvalue weighted by molar-refractivity contribution is 9.10. The van der Waals surface area contributed by atoms with Crippen LogP contribution in [0.2, 0.25) is 5.02 Å². The van der Waals surface area contributed by atoms with E-state index in [0.717, 1.165) is 0 Å². The van der Waals surface area contributed by atoms with Crippen LogP contribution in [0.15, 0.2) is 55.9 Å². The van der Waals surface area contributed by atoms with Crippen molar-refractivity contribution in [1.29, 1.82) is 0 Å². The van der Waals surface area contributed by atoms with Crippen LogP contribution in [0.5, 0.6) is 17.2 Å². The van der Waals surface area contributed by atoms with Gasteiger partial charge in [-0.2, -0.15) is 0 Å². The number of carbonyl (C=O) groups excluding carboxylic acids is 1. The first-order valence-corrected chi connectivity index (χ1v) is 13.8. The predicted octanol–water partition coefficient (Wildman–Crippen LogP) is 4.63. The second kappa shape index (κ2) is 11.8. The Balaban J connectivity index is 1.95. The fraction of sp³-hybridized carbons (Fsp3) is 0.296. The van der Waals surface area contributed by atoms with E-state index < -0.39 is 12.0 Å². The van der Waals surface area contributed by atoms with E-state index in [1.165, 1.54) is 23.0 Å². The van der Waals surface area contributed by atoms with Gasteiger partial charge in [0.25, 0.3) is 5.56 Å². The molecule has 1 aliphatic rings. The van der Waals surface area contributed by atoms with Crippen molar-refractivity contribution >= 4 is 50.9 Å². The molecule has 8 nitrogen and oxygen atoms in total. The van der Waals surface area contributed by atoms with Gasteiger partial charge in [0.2, 0.25) is 0 Å². The molecule has 0 N–H and O–H groups in total. The molecular formula is C27H26BrClN2O6S. The number of ether oxygens (including phenoxy) is 4. The van der Waals surface area contributed by atoms with Gasteiger partial charge in [0.05, 0.1) is 58.8 Å². The summed E-state index contributed by atoms with van der Waals surface area (Å²) in [5.74, 6) is 0.999. The van der Waals surface area contributed by atoms with Gasteiger partial charge in [0, 0.05) is 0 Å². The van der Waals surface area contributed by atoms with Crippen LogP contribution < -0.4 is 29.1 Å². The molecule has 0 saturated heterocycles. The maximum Gasteiger partial charge on any atom is 0.338 e. The summed E-state index contributed by atoms with van der Waals surface area (Å²) in [4.78, 5) is 32.0. The van der Waals surface area contributed by atoms with E-state index in [9.17, 15) is 9.59 Å². The number of methoxy groups -OCH3 is 2. The van der Waals surface area contributed by atoms with E-state index in [1.807, 2.05) is 19.1 Å². The largest absolute Gasteiger partial charge is 0.496 e. The Kier molecular flexibility index (Phi) is 8.64. The van der Waals surface area contributed by atoms with Gasteiger partial charge in [0.15, 0.2) is 16.3 Å². The number of aromatic nitrogens is 1. The van der Waals surface area contributed by atoms with Crippen LogP contribution in [-0.2, 0) is 9.53 Å². The summed E-state index contributed by atoms with van der Waals surface area (Å²) in [6.45, 7) is 5.95. The second-order valence-corrected chi connectivity index (χ2v) is 10.4. The molecule has 38 heavy (non-hydrogen) atoms. The summed E-state index contributed by atoms with van der Waals surface area (Å²) in [6, 6.07) is 8.15. The molecule has 1 aliphatic heterocycles. The van der Waals surface area contributed by atoms with E-state index in [-0.39, 0.29) is 12.2 Å². The smallest absolute Gasteiger partial charge is 0.338 e. The lowest BCUT2D eigenvalue weighted by Gasteiger charge is -2.25. The molecular weight excluding hydrogens is 596 g/mol. The van der Waals surface area contributed by atoms with Crippen molar-refractivity contribution in [2.45, 2.75) is 26.8 Å². The number of carbonyl (C=O) groups is 1. The normalized spacial score (nSPS) is 15.1. The molecule has 0 saturated carbocycles. The molecule has 200 valence electrons. The zero-order chi connectivity index (χ0) is 27.6. The van der Waals surface area contributed by atoms with Crippen molar-refractivity contribution in [3.05, 3.63) is 81.9 Å². The fourth-order valence-electron chi connectivity index (χ4n) is 4.24. The van der Waals surface area contributed by atoms with E-state index >= 15 is 0 Å². The molecule has 1 aromatic heterocycles. The lowest BCUT2D eigenvalue weighted by atomic mass is 9.96. The highest BCUT2D eigenvalue weighted by atomic mass is 79.9. The zero-order valence-electron chi connectivity index (χ0n) is 21.5. The Labute approximate surface area is 236 Å². The Morgan fingerprint density at radius 2 is 1.92 bits per heavy atom. The van der Waals surface area contributed by atoms with Crippen LogP contribution in [-0.4, -0.2) is 38.0 Å². The SMILES string of the molecule is CCOC(=O)C1=C(C)N=c2s/c(=C/c3cc(Cl)c(OC)c(OCC)c3)c(=O)n2[C@@H]1c1ccc(OC)c(Br)c1. The molecule has 4 rings (SSSR count). The molecule has 0 aliphatic carbocycles. The van der Waals surface area contributed by atoms with Crippen LogP contribution in [0.25, 0.3) is 6.08 Å². The number of rotatable bonds is 8. The standard InChI is InChI=1S/C27H26BrClN2O6S/c1-6-36-20-11-15(10-18(29)24(20)35-5)12-21-25(32)31-23(16-8-9-19(34-4)17(28)13-16)22(26(33)37-7-2)14(3)30-27(31)38-21/h8-13,23H,6-7H2,1-5H3/b21-12+/t23-/m1/s1. The number of hydrogen-bond donors (Lipinski definition) is 0. The number of nitrogens with zero attached hydrogens (tertiary/aromatic N) is 2. The average molecular weight is 622 g/mol. The first-order chi connectivity index (χ1) is 18.2. The Morgan fingerprint density at radius 1 is 1.16 bits per heavy atom. The van der Waals surface area contributed by atoms with Gasteiger partial charge in [-0.3, -0.25) is 9.36 Å². The van der Waals surface area contributed by atoms with Gasteiger partial charge in [-0.15, -0.1) is 0 Å². The van der Waals surface area contributed by atoms with E-state index in [1.54, 1.807) is 45.2 Å². The molecule has 0 unspecified atom stereocenters. The maximum atomic E-state index is 13.8. The molecule has 3 aromatic rings. The fourth-order valence-corrected chi connectivity index (χ4v) is 6.14. The van der Waals surface area contributed by atoms with E-state index in [4.69, 9.17) is 30.5 Å². The molecule has 0 radical (unpaired) electrons. The van der Waals surface area contributed by atoms with Gasteiger partial charge in [-0.05, 0) is 78.2 Å². The summed E-state index contributed by atoms with van der Waals surface area (Å²) in [5, 5.41) is 0.360. The number of allylic oxidation sites excluding steroid dienone is 1. The number of thiazole rings is 1. The van der Waals surface area contributed by atoms with Crippen LogP contribution in [0.1, 0.15) is 37.9 Å². The summed E-state index contributed by atoms with van der Waals surface area (Å²) in [6.07, 6.45) is 1.72. The molecule has 0 amide bonds. The number of esters is 1. The van der Waals surface area contributed by atoms with Crippen LogP contribution in [0, 0.1) is 0 Å². The third-order valence-corrected chi connectivity index (χ3v) is 7.73. The van der Waals surface area contributed by atoms with Crippen LogP contribution in [0.4, 0.5) is 0 Å². The van der Waals surface area contributed by atoms with Crippen molar-refractivity contribution in [3.8, 4) is 17.2 Å². The summed E-state index contributed by atoms with van der Waals surface area (Å²) >= 11 is 11.2. The first kappa shape index (κ1) is 27.9. The second-order valence-electron chi connectivity index (χ2n) is 8.16. The van der Waals surface area contributed by atoms with Crippen molar-refractivity contribution in [3.63, 3.8) is 0 Å². The van der Waals surface area contributed by atoms with Gasteiger partial charge in [-0.25, -0.2) is 9.79 Å². The number of benzene rings is 2. The third-order valence-electron chi connectivity index (χ3n) is 5.84. The number of hydrogen-bond acceptors (Lipinski definition) is 8. The topological polar surface area (TPSA) is 88.4 Å². The molecule has 1 atom stereocenters. The van der Waals surface area contributed by atoms with Crippen LogP contribution in [0.3, 0.4) is 0 Å². The van der Waals surface area contributed by atoms with E-state index in [0.29, 0.717) is 65.1 Å². The molecule has 2 aromatic carbocycles. The summed E-state index contributed by atoms with van der Waals surface area (Å²) in [5.41, 5.74) is 1.85. The quantitative estimate of drug-likeness (QED) is 0.341. The molecule has 0 spiro atoms. The Morgan fingerprint density at radius 3 is 2.55 bits per heavy atom. The zero-order valence-corrected chi connectivity index (χ0v) is 24.6. The van der Waals surface area contributed by atoms with Crippen molar-refractivity contribution < 1.29 is 23.7 Å². The highest BCUT2D eigenvalue weighted by Crippen LogP contribution is 2.37. The monoisotopic (exact) mass is 620 g/mol. The lowest BCUT2D eigenvalue weighted by Crippen LogP contribution is -2.40. The minimum Gasteiger partial charge on any atom is -0.496 e. The Bertz CT molecular complexity index is 1610. The average Bonchev–Trinajstić information content (AvgIpc) is 3.17. The van der Waals surface area contributed by atoms with Crippen molar-refractivity contribution in [1.82, 2.24) is 4.57 Å². The Hall–Kier alpha value is -3.08. The van der Waals surface area contributed by atoms with Crippen molar-refractivity contribution in [2.75, 3.05) is 27.4 Å². The predicted molar refractivity (Wildman–Crippen MR) is 150 cm³/mol. The number of halogens is 2. The molecule has 0 bridgehead atoms. The molecule has 0 fully saturated rings. The van der Waals surface area contributed by atoms with Gasteiger partial charge >= 0.3 is 5.97 Å². The molecule has 11 heteroatoms. The van der Waals surface area contributed by atoms with Gasteiger partial charge < -0.3 is 18.9 Å². The summed E-state index contributed by atoms with van der Waals surface area (Å²) in [7, 11) is 3.09. The van der Waals surface area contributed by atoms with E-state index in [2.05, 4.69) is 20.9 Å². The van der Waals surface area contributed by atoms with Gasteiger partial charge in [-0.1, -0.05) is 29.0 Å². The minimum atomic E-state index is -0.743. The minimum absolute atomic E-state index is 0.194. The number of fused-ring (bicyclic) bond motifs is 1. The maximum absolute atomic E-state index is 13.8. The van der Waals surface area contributed by atoms with Gasteiger partial charge in [0.1, 0.15) is 5.75 Å². The first-order valence-electron chi connectivity index (χ1n) is 11.8. The highest BCUT2D eigenvalue weighted by Gasteiger charge is 2.33.